The van der Waals surface area contributed by atoms with Gasteiger partial charge in [-0.15, -0.1) is 0 Å². The van der Waals surface area contributed by atoms with E-state index >= 15 is 0 Å². The SMILES string of the molecule is Cc1ccc2oc(CNCC3CC3)cc2c1. The van der Waals surface area contributed by atoms with Crippen LogP contribution < -0.4 is 5.32 Å². The van der Waals surface area contributed by atoms with Crippen molar-refractivity contribution in [1.29, 1.82) is 0 Å². The van der Waals surface area contributed by atoms with E-state index in [1.165, 1.54) is 23.8 Å². The van der Waals surface area contributed by atoms with Gasteiger partial charge in [-0.3, -0.25) is 0 Å². The zero-order chi connectivity index (χ0) is 11.0. The zero-order valence-corrected chi connectivity index (χ0v) is 9.62. The highest BCUT2D eigenvalue weighted by molar-refractivity contribution is 5.78. The minimum atomic E-state index is 0.851. The molecule has 2 heteroatoms. The van der Waals surface area contributed by atoms with Crippen LogP contribution >= 0.6 is 0 Å². The maximum absolute atomic E-state index is 5.76. The van der Waals surface area contributed by atoms with Gasteiger partial charge in [-0.25, -0.2) is 0 Å². The summed E-state index contributed by atoms with van der Waals surface area (Å²) in [5.74, 6) is 1.97. The number of rotatable bonds is 4. The first-order valence-electron chi connectivity index (χ1n) is 6.01. The third-order valence-electron chi connectivity index (χ3n) is 3.15. The summed E-state index contributed by atoms with van der Waals surface area (Å²) < 4.78 is 5.76. The molecule has 3 rings (SSSR count). The average molecular weight is 215 g/mol. The van der Waals surface area contributed by atoms with Crippen LogP contribution in [0.25, 0.3) is 11.0 Å². The molecule has 1 aliphatic rings. The number of benzene rings is 1. The van der Waals surface area contributed by atoms with Crippen LogP contribution in [0.3, 0.4) is 0 Å². The smallest absolute Gasteiger partial charge is 0.134 e. The molecule has 0 radical (unpaired) electrons. The van der Waals surface area contributed by atoms with Gasteiger partial charge in [-0.05, 0) is 50.4 Å². The zero-order valence-electron chi connectivity index (χ0n) is 9.62. The Labute approximate surface area is 95.6 Å². The van der Waals surface area contributed by atoms with Crippen LogP contribution in [0.2, 0.25) is 0 Å². The van der Waals surface area contributed by atoms with E-state index in [0.717, 1.165) is 30.4 Å². The minimum Gasteiger partial charge on any atom is -0.460 e. The fourth-order valence-corrected chi connectivity index (χ4v) is 2.03. The van der Waals surface area contributed by atoms with Gasteiger partial charge < -0.3 is 9.73 Å². The number of aryl methyl sites for hydroxylation is 1. The summed E-state index contributed by atoms with van der Waals surface area (Å²) in [5, 5.41) is 4.66. The van der Waals surface area contributed by atoms with Crippen LogP contribution in [0.15, 0.2) is 28.7 Å². The van der Waals surface area contributed by atoms with E-state index in [-0.39, 0.29) is 0 Å². The van der Waals surface area contributed by atoms with Gasteiger partial charge in [0.15, 0.2) is 0 Å². The van der Waals surface area contributed by atoms with E-state index in [2.05, 4.69) is 36.5 Å². The fraction of sp³-hybridized carbons (Fsp3) is 0.429. The van der Waals surface area contributed by atoms with Gasteiger partial charge in [0.05, 0.1) is 6.54 Å². The number of hydrogen-bond acceptors (Lipinski definition) is 2. The van der Waals surface area contributed by atoms with Crippen molar-refractivity contribution in [2.24, 2.45) is 5.92 Å². The van der Waals surface area contributed by atoms with E-state index in [1.54, 1.807) is 0 Å². The molecular weight excluding hydrogens is 198 g/mol. The molecule has 84 valence electrons. The normalized spacial score (nSPS) is 15.8. The lowest BCUT2D eigenvalue weighted by Gasteiger charge is -1.98. The van der Waals surface area contributed by atoms with Crippen molar-refractivity contribution in [3.05, 3.63) is 35.6 Å². The van der Waals surface area contributed by atoms with Crippen molar-refractivity contribution in [3.63, 3.8) is 0 Å². The first-order chi connectivity index (χ1) is 7.81. The molecule has 0 bridgehead atoms. The first-order valence-corrected chi connectivity index (χ1v) is 6.01. The summed E-state index contributed by atoms with van der Waals surface area (Å²) >= 11 is 0. The summed E-state index contributed by atoms with van der Waals surface area (Å²) in [6.45, 7) is 4.09. The molecule has 2 nitrogen and oxygen atoms in total. The van der Waals surface area contributed by atoms with Gasteiger partial charge in [-0.1, -0.05) is 11.6 Å². The third kappa shape index (κ3) is 2.12. The molecule has 16 heavy (non-hydrogen) atoms. The van der Waals surface area contributed by atoms with Crippen molar-refractivity contribution in [2.75, 3.05) is 6.54 Å². The molecule has 1 fully saturated rings. The van der Waals surface area contributed by atoms with Gasteiger partial charge in [-0.2, -0.15) is 0 Å². The molecule has 2 aromatic rings. The minimum absolute atomic E-state index is 0.851. The van der Waals surface area contributed by atoms with E-state index in [9.17, 15) is 0 Å². The Morgan fingerprint density at radius 3 is 3.00 bits per heavy atom. The molecule has 1 aromatic heterocycles. The summed E-state index contributed by atoms with van der Waals surface area (Å²) in [6, 6.07) is 8.45. The monoisotopic (exact) mass is 215 g/mol. The summed E-state index contributed by atoms with van der Waals surface area (Å²) in [7, 11) is 0. The van der Waals surface area contributed by atoms with E-state index < -0.39 is 0 Å². The number of fused-ring (bicyclic) bond motifs is 1. The van der Waals surface area contributed by atoms with Gasteiger partial charge in [0.2, 0.25) is 0 Å². The second kappa shape index (κ2) is 3.95. The van der Waals surface area contributed by atoms with Crippen LogP contribution in [-0.2, 0) is 6.54 Å². The second-order valence-electron chi connectivity index (χ2n) is 4.83. The highest BCUT2D eigenvalue weighted by Gasteiger charge is 2.20. The largest absolute Gasteiger partial charge is 0.460 e. The van der Waals surface area contributed by atoms with Crippen molar-refractivity contribution in [3.8, 4) is 0 Å². The standard InChI is InChI=1S/C14H17NO/c1-10-2-5-14-12(6-10)7-13(16-14)9-15-8-11-3-4-11/h2,5-7,11,15H,3-4,8-9H2,1H3. The van der Waals surface area contributed by atoms with E-state index in [0.29, 0.717) is 0 Å². The van der Waals surface area contributed by atoms with Crippen molar-refractivity contribution in [2.45, 2.75) is 26.3 Å². The van der Waals surface area contributed by atoms with Gasteiger partial charge in [0.25, 0.3) is 0 Å². The van der Waals surface area contributed by atoms with Crippen molar-refractivity contribution < 1.29 is 4.42 Å². The molecule has 1 aromatic carbocycles. The van der Waals surface area contributed by atoms with Gasteiger partial charge in [0.1, 0.15) is 11.3 Å². The van der Waals surface area contributed by atoms with Crippen LogP contribution in [-0.4, -0.2) is 6.54 Å². The topological polar surface area (TPSA) is 25.2 Å². The molecule has 0 aliphatic heterocycles. The molecule has 0 unspecified atom stereocenters. The molecule has 0 spiro atoms. The Morgan fingerprint density at radius 2 is 2.19 bits per heavy atom. The Morgan fingerprint density at radius 1 is 1.31 bits per heavy atom. The van der Waals surface area contributed by atoms with Crippen LogP contribution in [0.4, 0.5) is 0 Å². The predicted octanol–water partition coefficient (Wildman–Crippen LogP) is 3.24. The predicted molar refractivity (Wildman–Crippen MR) is 65.4 cm³/mol. The second-order valence-corrected chi connectivity index (χ2v) is 4.83. The molecule has 1 heterocycles. The third-order valence-corrected chi connectivity index (χ3v) is 3.15. The van der Waals surface area contributed by atoms with E-state index in [1.807, 2.05) is 0 Å². The highest BCUT2D eigenvalue weighted by Crippen LogP contribution is 2.27. The van der Waals surface area contributed by atoms with Gasteiger partial charge in [0, 0.05) is 5.39 Å². The van der Waals surface area contributed by atoms with E-state index in [4.69, 9.17) is 4.42 Å². The maximum Gasteiger partial charge on any atom is 0.134 e. The lowest BCUT2D eigenvalue weighted by molar-refractivity contribution is 0.507. The Balaban J connectivity index is 1.71. The van der Waals surface area contributed by atoms with Crippen molar-refractivity contribution >= 4 is 11.0 Å². The lowest BCUT2D eigenvalue weighted by atomic mass is 10.2. The van der Waals surface area contributed by atoms with Crippen LogP contribution in [0, 0.1) is 12.8 Å². The number of furan rings is 1. The first kappa shape index (κ1) is 9.91. The molecule has 1 saturated carbocycles. The molecule has 0 atom stereocenters. The van der Waals surface area contributed by atoms with Crippen LogP contribution in [0.5, 0.6) is 0 Å². The summed E-state index contributed by atoms with van der Waals surface area (Å²) in [6.07, 6.45) is 2.79. The number of hydrogen-bond donors (Lipinski definition) is 1. The van der Waals surface area contributed by atoms with Gasteiger partial charge >= 0.3 is 0 Å². The Bertz CT molecular complexity index is 496. The molecule has 0 saturated heterocycles. The highest BCUT2D eigenvalue weighted by atomic mass is 16.3. The lowest BCUT2D eigenvalue weighted by Crippen LogP contribution is -2.15. The molecule has 0 amide bonds. The Hall–Kier alpha value is -1.28. The maximum atomic E-state index is 5.76. The fourth-order valence-electron chi connectivity index (χ4n) is 2.03. The molecule has 1 aliphatic carbocycles. The Kier molecular flexibility index (Phi) is 2.44. The summed E-state index contributed by atoms with van der Waals surface area (Å²) in [5.41, 5.74) is 2.28. The molecular formula is C14H17NO. The van der Waals surface area contributed by atoms with Crippen molar-refractivity contribution in [1.82, 2.24) is 5.32 Å². The summed E-state index contributed by atoms with van der Waals surface area (Å²) in [4.78, 5) is 0. The molecule has 1 N–H and O–H groups in total. The van der Waals surface area contributed by atoms with Crippen LogP contribution in [0.1, 0.15) is 24.2 Å². The number of nitrogens with one attached hydrogen (secondary N) is 1. The average Bonchev–Trinajstić information content (AvgIpc) is 2.98. The quantitative estimate of drug-likeness (QED) is 0.847.